The van der Waals surface area contributed by atoms with E-state index in [2.05, 4.69) is 11.9 Å². The predicted molar refractivity (Wildman–Crippen MR) is 65.5 cm³/mol. The Balaban J connectivity index is 2.21. The van der Waals surface area contributed by atoms with Gasteiger partial charge in [0.05, 0.1) is 6.61 Å². The number of hydrogen-bond donors (Lipinski definition) is 0. The van der Waals surface area contributed by atoms with Crippen LogP contribution in [0.1, 0.15) is 37.0 Å². The zero-order valence-corrected chi connectivity index (χ0v) is 10.4. The van der Waals surface area contributed by atoms with Crippen molar-refractivity contribution in [2.45, 2.75) is 26.7 Å². The molecule has 1 rings (SSSR count). The number of ketones is 1. The van der Waals surface area contributed by atoms with Gasteiger partial charge in [0.25, 0.3) is 0 Å². The van der Waals surface area contributed by atoms with E-state index in [1.165, 1.54) is 13.1 Å². The minimum atomic E-state index is 0.00643. The lowest BCUT2D eigenvalue weighted by Crippen LogP contribution is -2.08. The third-order valence-corrected chi connectivity index (χ3v) is 2.26. The molecule has 17 heavy (non-hydrogen) atoms. The minimum absolute atomic E-state index is 0.00643. The summed E-state index contributed by atoms with van der Waals surface area (Å²) in [4.78, 5) is 15.1. The molecule has 0 saturated heterocycles. The summed E-state index contributed by atoms with van der Waals surface area (Å²) in [5.74, 6) is 0.529. The quantitative estimate of drug-likeness (QED) is 0.515. The zero-order valence-electron chi connectivity index (χ0n) is 10.4. The summed E-state index contributed by atoms with van der Waals surface area (Å²) in [5, 5.41) is 0. The molecule has 94 valence electrons. The van der Waals surface area contributed by atoms with Crippen LogP contribution in [0, 0.1) is 0 Å². The largest absolute Gasteiger partial charge is 0.475 e. The standard InChI is InChI=1S/C13H19NO3/c1-3-4-7-16-8-9-17-13-6-5-12(10-14-13)11(2)15/h5-6,10H,3-4,7-9H2,1-2H3. The lowest BCUT2D eigenvalue weighted by atomic mass is 10.2. The molecule has 0 radical (unpaired) electrons. The highest BCUT2D eigenvalue weighted by atomic mass is 16.5. The molecule has 0 aliphatic rings. The Kier molecular flexibility index (Phi) is 6.25. The summed E-state index contributed by atoms with van der Waals surface area (Å²) in [7, 11) is 0. The SMILES string of the molecule is CCCCOCCOc1ccc(C(C)=O)cn1. The fourth-order valence-electron chi connectivity index (χ4n) is 1.23. The van der Waals surface area contributed by atoms with E-state index in [9.17, 15) is 4.79 Å². The molecular weight excluding hydrogens is 218 g/mol. The van der Waals surface area contributed by atoms with Gasteiger partial charge in [-0.15, -0.1) is 0 Å². The van der Waals surface area contributed by atoms with Gasteiger partial charge in [0.1, 0.15) is 6.61 Å². The number of nitrogens with zero attached hydrogens (tertiary/aromatic N) is 1. The first-order valence-corrected chi connectivity index (χ1v) is 5.91. The van der Waals surface area contributed by atoms with Crippen molar-refractivity contribution in [1.29, 1.82) is 0 Å². The molecule has 1 heterocycles. The highest BCUT2D eigenvalue weighted by Gasteiger charge is 2.00. The molecule has 1 aromatic heterocycles. The Morgan fingerprint density at radius 3 is 2.71 bits per heavy atom. The van der Waals surface area contributed by atoms with E-state index in [-0.39, 0.29) is 5.78 Å². The molecule has 0 aliphatic heterocycles. The third-order valence-electron chi connectivity index (χ3n) is 2.26. The van der Waals surface area contributed by atoms with Gasteiger partial charge in [-0.3, -0.25) is 4.79 Å². The summed E-state index contributed by atoms with van der Waals surface area (Å²) >= 11 is 0. The number of pyridine rings is 1. The first kappa shape index (κ1) is 13.6. The number of carbonyl (C=O) groups excluding carboxylic acids is 1. The van der Waals surface area contributed by atoms with Crippen LogP contribution in [0.2, 0.25) is 0 Å². The van der Waals surface area contributed by atoms with Crippen LogP contribution in [0.15, 0.2) is 18.3 Å². The van der Waals surface area contributed by atoms with Crippen LogP contribution in [-0.4, -0.2) is 30.6 Å². The van der Waals surface area contributed by atoms with Crippen molar-refractivity contribution >= 4 is 5.78 Å². The molecule has 1 aromatic rings. The molecule has 4 heteroatoms. The Hall–Kier alpha value is -1.42. The van der Waals surface area contributed by atoms with E-state index >= 15 is 0 Å². The molecule has 0 saturated carbocycles. The van der Waals surface area contributed by atoms with Crippen molar-refractivity contribution in [2.24, 2.45) is 0 Å². The van der Waals surface area contributed by atoms with Gasteiger partial charge in [-0.25, -0.2) is 4.98 Å². The van der Waals surface area contributed by atoms with Gasteiger partial charge in [0.15, 0.2) is 5.78 Å². The van der Waals surface area contributed by atoms with Crippen molar-refractivity contribution in [3.8, 4) is 5.88 Å². The second-order valence-corrected chi connectivity index (χ2v) is 3.76. The molecule has 0 fully saturated rings. The smallest absolute Gasteiger partial charge is 0.213 e. The van der Waals surface area contributed by atoms with Crippen molar-refractivity contribution < 1.29 is 14.3 Å². The fourth-order valence-corrected chi connectivity index (χ4v) is 1.23. The van der Waals surface area contributed by atoms with Gasteiger partial charge in [-0.1, -0.05) is 13.3 Å². The average Bonchev–Trinajstić information content (AvgIpc) is 2.34. The maximum Gasteiger partial charge on any atom is 0.213 e. The van der Waals surface area contributed by atoms with Crippen molar-refractivity contribution in [2.75, 3.05) is 19.8 Å². The topological polar surface area (TPSA) is 48.4 Å². The maximum absolute atomic E-state index is 11.0. The van der Waals surface area contributed by atoms with Gasteiger partial charge in [-0.2, -0.15) is 0 Å². The minimum Gasteiger partial charge on any atom is -0.475 e. The van der Waals surface area contributed by atoms with Crippen LogP contribution >= 0.6 is 0 Å². The van der Waals surface area contributed by atoms with E-state index in [0.717, 1.165) is 19.4 Å². The first-order valence-electron chi connectivity index (χ1n) is 5.91. The van der Waals surface area contributed by atoms with Gasteiger partial charge in [0.2, 0.25) is 5.88 Å². The summed E-state index contributed by atoms with van der Waals surface area (Å²) in [6.07, 6.45) is 3.73. The number of aromatic nitrogens is 1. The van der Waals surface area contributed by atoms with E-state index in [0.29, 0.717) is 24.7 Å². The number of rotatable bonds is 8. The van der Waals surface area contributed by atoms with Crippen molar-refractivity contribution in [1.82, 2.24) is 4.98 Å². The van der Waals surface area contributed by atoms with Crippen molar-refractivity contribution in [3.05, 3.63) is 23.9 Å². The second kappa shape index (κ2) is 7.79. The highest BCUT2D eigenvalue weighted by Crippen LogP contribution is 2.07. The van der Waals surface area contributed by atoms with Crippen LogP contribution in [-0.2, 0) is 4.74 Å². The van der Waals surface area contributed by atoms with Gasteiger partial charge in [0, 0.05) is 24.4 Å². The molecule has 4 nitrogen and oxygen atoms in total. The molecule has 0 spiro atoms. The van der Waals surface area contributed by atoms with Crippen LogP contribution in [0.3, 0.4) is 0 Å². The average molecular weight is 237 g/mol. The molecule has 0 bridgehead atoms. The van der Waals surface area contributed by atoms with Gasteiger partial charge >= 0.3 is 0 Å². The maximum atomic E-state index is 11.0. The summed E-state index contributed by atoms with van der Waals surface area (Å²) in [5.41, 5.74) is 0.594. The van der Waals surface area contributed by atoms with Crippen LogP contribution in [0.25, 0.3) is 0 Å². The fraction of sp³-hybridized carbons (Fsp3) is 0.538. The molecule has 0 unspecified atom stereocenters. The summed E-state index contributed by atoms with van der Waals surface area (Å²) < 4.78 is 10.7. The van der Waals surface area contributed by atoms with E-state index < -0.39 is 0 Å². The summed E-state index contributed by atoms with van der Waals surface area (Å²) in [6, 6.07) is 3.41. The third kappa shape index (κ3) is 5.45. The van der Waals surface area contributed by atoms with E-state index in [1.54, 1.807) is 12.1 Å². The first-order chi connectivity index (χ1) is 8.24. The van der Waals surface area contributed by atoms with Crippen LogP contribution in [0.4, 0.5) is 0 Å². The molecular formula is C13H19NO3. The number of unbranched alkanes of at least 4 members (excludes halogenated alkanes) is 1. The number of ether oxygens (including phenoxy) is 2. The second-order valence-electron chi connectivity index (χ2n) is 3.76. The Labute approximate surface area is 102 Å². The Bertz CT molecular complexity index is 335. The molecule has 0 N–H and O–H groups in total. The van der Waals surface area contributed by atoms with E-state index in [1.807, 2.05) is 0 Å². The lowest BCUT2D eigenvalue weighted by molar-refractivity contribution is 0.0963. The summed E-state index contributed by atoms with van der Waals surface area (Å²) in [6.45, 7) is 5.46. The van der Waals surface area contributed by atoms with Gasteiger partial charge < -0.3 is 9.47 Å². The number of carbonyl (C=O) groups is 1. The number of Topliss-reactive ketones (excluding diaryl/α,β-unsaturated/α-hetero) is 1. The Morgan fingerprint density at radius 2 is 2.12 bits per heavy atom. The van der Waals surface area contributed by atoms with Gasteiger partial charge in [-0.05, 0) is 19.4 Å². The molecule has 0 atom stereocenters. The van der Waals surface area contributed by atoms with Crippen LogP contribution in [0.5, 0.6) is 5.88 Å². The van der Waals surface area contributed by atoms with Crippen LogP contribution < -0.4 is 4.74 Å². The monoisotopic (exact) mass is 237 g/mol. The molecule has 0 aromatic carbocycles. The normalized spacial score (nSPS) is 10.2. The lowest BCUT2D eigenvalue weighted by Gasteiger charge is -2.06. The van der Waals surface area contributed by atoms with Crippen molar-refractivity contribution in [3.63, 3.8) is 0 Å². The highest BCUT2D eigenvalue weighted by molar-refractivity contribution is 5.93. The predicted octanol–water partition coefficient (Wildman–Crippen LogP) is 2.48. The molecule has 0 aliphatic carbocycles. The van der Waals surface area contributed by atoms with E-state index in [4.69, 9.17) is 9.47 Å². The molecule has 0 amide bonds. The number of hydrogen-bond acceptors (Lipinski definition) is 4. The Morgan fingerprint density at radius 1 is 1.29 bits per heavy atom. The zero-order chi connectivity index (χ0) is 12.5.